The Bertz CT molecular complexity index is 353. The Kier molecular flexibility index (Phi) is 7.55. The Balaban J connectivity index is 2.69. The fraction of sp³-hybridized carbons (Fsp3) is 0.647. The van der Waals surface area contributed by atoms with Crippen molar-refractivity contribution in [2.24, 2.45) is 0 Å². The molecule has 108 valence electrons. The summed E-state index contributed by atoms with van der Waals surface area (Å²) >= 11 is 2.06. The molecule has 1 aromatic rings. The van der Waals surface area contributed by atoms with Gasteiger partial charge < -0.3 is 5.32 Å². The van der Waals surface area contributed by atoms with Crippen LogP contribution in [0.5, 0.6) is 0 Å². The lowest BCUT2D eigenvalue weighted by Crippen LogP contribution is -2.34. The van der Waals surface area contributed by atoms with Crippen molar-refractivity contribution in [3.63, 3.8) is 0 Å². The van der Waals surface area contributed by atoms with Gasteiger partial charge in [-0.15, -0.1) is 0 Å². The Labute approximate surface area is 123 Å². The third kappa shape index (κ3) is 6.01. The summed E-state index contributed by atoms with van der Waals surface area (Å²) in [6, 6.07) is 7.21. The van der Waals surface area contributed by atoms with E-state index in [1.165, 1.54) is 28.9 Å². The lowest BCUT2D eigenvalue weighted by atomic mass is 9.97. The molecule has 0 spiro atoms. The predicted molar refractivity (Wildman–Crippen MR) is 89.3 cm³/mol. The first-order valence-corrected chi connectivity index (χ1v) is 8.49. The second kappa shape index (κ2) is 8.65. The minimum atomic E-state index is 0.590. The molecule has 1 rings (SSSR count). The highest BCUT2D eigenvalue weighted by Gasteiger charge is 2.12. The number of nitrogens with one attached hydrogen (secondary N) is 1. The average Bonchev–Trinajstić information content (AvgIpc) is 2.36. The molecule has 0 saturated heterocycles. The van der Waals surface area contributed by atoms with Gasteiger partial charge in [-0.25, -0.2) is 0 Å². The summed E-state index contributed by atoms with van der Waals surface area (Å²) in [5.74, 6) is 1.20. The normalized spacial score (nSPS) is 12.9. The van der Waals surface area contributed by atoms with E-state index in [-0.39, 0.29) is 0 Å². The molecule has 0 aliphatic rings. The van der Waals surface area contributed by atoms with E-state index in [1.807, 2.05) is 0 Å². The molecular formula is C17H29NS. The van der Waals surface area contributed by atoms with E-state index >= 15 is 0 Å². The molecule has 19 heavy (non-hydrogen) atoms. The van der Waals surface area contributed by atoms with Gasteiger partial charge in [0.25, 0.3) is 0 Å². The van der Waals surface area contributed by atoms with E-state index < -0.39 is 0 Å². The monoisotopic (exact) mass is 279 g/mol. The summed E-state index contributed by atoms with van der Waals surface area (Å²) in [5, 5.41) is 4.42. The van der Waals surface area contributed by atoms with Gasteiger partial charge in [0.1, 0.15) is 0 Å². The third-order valence-electron chi connectivity index (χ3n) is 3.41. The van der Waals surface area contributed by atoms with Gasteiger partial charge in [-0.3, -0.25) is 0 Å². The minimum absolute atomic E-state index is 0.590. The van der Waals surface area contributed by atoms with Gasteiger partial charge in [-0.2, -0.15) is 11.8 Å². The maximum absolute atomic E-state index is 3.71. The smallest absolute Gasteiger partial charge is 0.0198 e. The quantitative estimate of drug-likeness (QED) is 0.759. The number of benzene rings is 1. The second-order valence-electron chi connectivity index (χ2n) is 5.61. The molecule has 1 aromatic carbocycles. The predicted octanol–water partition coefficient (Wildman–Crippen LogP) is 4.36. The van der Waals surface area contributed by atoms with Crippen LogP contribution in [-0.4, -0.2) is 23.6 Å². The highest BCUT2D eigenvalue weighted by molar-refractivity contribution is 7.99. The fourth-order valence-electron chi connectivity index (χ4n) is 2.26. The molecule has 1 unspecified atom stereocenters. The van der Waals surface area contributed by atoms with Crippen LogP contribution in [0.15, 0.2) is 18.2 Å². The van der Waals surface area contributed by atoms with Crippen molar-refractivity contribution in [3.8, 4) is 0 Å². The van der Waals surface area contributed by atoms with E-state index in [9.17, 15) is 0 Å². The maximum atomic E-state index is 3.71. The van der Waals surface area contributed by atoms with Gasteiger partial charge >= 0.3 is 0 Å². The molecule has 0 aliphatic carbocycles. The lowest BCUT2D eigenvalue weighted by Gasteiger charge is -2.21. The van der Waals surface area contributed by atoms with Crippen LogP contribution in [0.25, 0.3) is 0 Å². The van der Waals surface area contributed by atoms with Crippen LogP contribution < -0.4 is 5.32 Å². The summed E-state index contributed by atoms with van der Waals surface area (Å²) in [7, 11) is 0. The number of hydrogen-bond donors (Lipinski definition) is 1. The first kappa shape index (κ1) is 16.6. The van der Waals surface area contributed by atoms with E-state index in [0.29, 0.717) is 11.3 Å². The third-order valence-corrected chi connectivity index (χ3v) is 4.67. The highest BCUT2D eigenvalue weighted by Crippen LogP contribution is 2.18. The zero-order chi connectivity index (χ0) is 14.3. The zero-order valence-electron chi connectivity index (χ0n) is 13.1. The summed E-state index contributed by atoms with van der Waals surface area (Å²) in [4.78, 5) is 0. The van der Waals surface area contributed by atoms with Crippen molar-refractivity contribution in [1.82, 2.24) is 5.32 Å². The minimum Gasteiger partial charge on any atom is -0.313 e. The number of thioether (sulfide) groups is 1. The SMILES string of the molecule is CCCNC(CSC(C)C)Cc1c(C)cccc1C. The van der Waals surface area contributed by atoms with Crippen LogP contribution in [0.3, 0.4) is 0 Å². The summed E-state index contributed by atoms with van der Waals surface area (Å²) < 4.78 is 0. The summed E-state index contributed by atoms with van der Waals surface area (Å²) in [6.07, 6.45) is 2.35. The van der Waals surface area contributed by atoms with E-state index in [2.05, 4.69) is 69.9 Å². The standard InChI is InChI=1S/C17H29NS/c1-6-10-18-16(12-19-13(2)3)11-17-14(4)8-7-9-15(17)5/h7-9,13,16,18H,6,10-12H2,1-5H3. The van der Waals surface area contributed by atoms with Gasteiger partial charge in [-0.05, 0) is 55.2 Å². The van der Waals surface area contributed by atoms with Gasteiger partial charge in [0.15, 0.2) is 0 Å². The Morgan fingerprint density at radius 3 is 2.32 bits per heavy atom. The molecule has 2 heteroatoms. The molecule has 1 N–H and O–H groups in total. The van der Waals surface area contributed by atoms with Crippen molar-refractivity contribution in [2.45, 2.75) is 58.8 Å². The lowest BCUT2D eigenvalue weighted by molar-refractivity contribution is 0.548. The molecular weight excluding hydrogens is 250 g/mol. The van der Waals surface area contributed by atoms with Crippen molar-refractivity contribution < 1.29 is 0 Å². The largest absolute Gasteiger partial charge is 0.313 e. The Morgan fingerprint density at radius 1 is 1.16 bits per heavy atom. The zero-order valence-corrected chi connectivity index (χ0v) is 13.9. The van der Waals surface area contributed by atoms with Crippen LogP contribution in [0, 0.1) is 13.8 Å². The van der Waals surface area contributed by atoms with Gasteiger partial charge in [0.2, 0.25) is 0 Å². The molecule has 0 aliphatic heterocycles. The van der Waals surface area contributed by atoms with Crippen LogP contribution in [0.2, 0.25) is 0 Å². The molecule has 0 amide bonds. The first-order chi connectivity index (χ1) is 9.04. The number of hydrogen-bond acceptors (Lipinski definition) is 2. The topological polar surface area (TPSA) is 12.0 Å². The molecule has 0 saturated carbocycles. The molecule has 0 bridgehead atoms. The molecule has 0 fully saturated rings. The van der Waals surface area contributed by atoms with Gasteiger partial charge in [0, 0.05) is 11.8 Å². The Hall–Kier alpha value is -0.470. The van der Waals surface area contributed by atoms with Crippen molar-refractivity contribution in [1.29, 1.82) is 0 Å². The van der Waals surface area contributed by atoms with E-state index in [4.69, 9.17) is 0 Å². The average molecular weight is 279 g/mol. The van der Waals surface area contributed by atoms with Gasteiger partial charge in [-0.1, -0.05) is 39.0 Å². The number of rotatable bonds is 8. The maximum Gasteiger partial charge on any atom is 0.0198 e. The molecule has 1 nitrogen and oxygen atoms in total. The van der Waals surface area contributed by atoms with Crippen LogP contribution in [0.1, 0.15) is 43.9 Å². The summed E-state index contributed by atoms with van der Waals surface area (Å²) in [5.41, 5.74) is 4.39. The van der Waals surface area contributed by atoms with Crippen molar-refractivity contribution in [3.05, 3.63) is 34.9 Å². The van der Waals surface area contributed by atoms with Crippen LogP contribution in [-0.2, 0) is 6.42 Å². The molecule has 0 radical (unpaired) electrons. The van der Waals surface area contributed by atoms with E-state index in [0.717, 1.165) is 13.0 Å². The number of aryl methyl sites for hydroxylation is 2. The molecule has 0 heterocycles. The van der Waals surface area contributed by atoms with E-state index in [1.54, 1.807) is 0 Å². The first-order valence-electron chi connectivity index (χ1n) is 7.44. The van der Waals surface area contributed by atoms with Crippen LogP contribution in [0.4, 0.5) is 0 Å². The van der Waals surface area contributed by atoms with Crippen LogP contribution >= 0.6 is 11.8 Å². The van der Waals surface area contributed by atoms with Gasteiger partial charge in [0.05, 0.1) is 0 Å². The fourth-order valence-corrected chi connectivity index (χ4v) is 3.12. The van der Waals surface area contributed by atoms with Crippen molar-refractivity contribution in [2.75, 3.05) is 12.3 Å². The Morgan fingerprint density at radius 2 is 1.79 bits per heavy atom. The molecule has 0 aromatic heterocycles. The highest BCUT2D eigenvalue weighted by atomic mass is 32.2. The summed E-state index contributed by atoms with van der Waals surface area (Å²) in [6.45, 7) is 12.4. The second-order valence-corrected chi connectivity index (χ2v) is 7.22. The molecule has 1 atom stereocenters. The van der Waals surface area contributed by atoms with Crippen molar-refractivity contribution >= 4 is 11.8 Å².